The zero-order chi connectivity index (χ0) is 19.1. The lowest BCUT2D eigenvalue weighted by Crippen LogP contribution is -2.19. The molecule has 1 saturated carbocycles. The second kappa shape index (κ2) is 9.26. The van der Waals surface area contributed by atoms with Crippen molar-refractivity contribution < 1.29 is 14.3 Å². The summed E-state index contributed by atoms with van der Waals surface area (Å²) in [5.74, 6) is 1.91. The molecule has 2 aromatic rings. The SMILES string of the molecule is CCOc1ccc(/C=C/C(=O)Nc2ccnn2C2CCCCC2)cc1OC. The van der Waals surface area contributed by atoms with Crippen molar-refractivity contribution in [3.63, 3.8) is 0 Å². The van der Waals surface area contributed by atoms with Gasteiger partial charge in [-0.2, -0.15) is 5.10 Å². The van der Waals surface area contributed by atoms with Gasteiger partial charge in [0.1, 0.15) is 5.82 Å². The van der Waals surface area contributed by atoms with E-state index in [1.165, 1.54) is 25.3 Å². The molecule has 1 aliphatic carbocycles. The summed E-state index contributed by atoms with van der Waals surface area (Å²) in [4.78, 5) is 12.3. The molecule has 6 heteroatoms. The second-order valence-corrected chi connectivity index (χ2v) is 6.62. The Hall–Kier alpha value is -2.76. The maximum absolute atomic E-state index is 12.3. The van der Waals surface area contributed by atoms with Gasteiger partial charge in [-0.3, -0.25) is 4.79 Å². The average Bonchev–Trinajstić information content (AvgIpc) is 3.16. The van der Waals surface area contributed by atoms with Gasteiger partial charge in [0.25, 0.3) is 0 Å². The normalized spacial score (nSPS) is 15.0. The van der Waals surface area contributed by atoms with E-state index in [-0.39, 0.29) is 5.91 Å². The maximum atomic E-state index is 12.3. The lowest BCUT2D eigenvalue weighted by molar-refractivity contribution is -0.111. The zero-order valence-corrected chi connectivity index (χ0v) is 16.0. The summed E-state index contributed by atoms with van der Waals surface area (Å²) in [6.45, 7) is 2.50. The minimum absolute atomic E-state index is 0.180. The van der Waals surface area contributed by atoms with Gasteiger partial charge in [0.15, 0.2) is 11.5 Å². The molecule has 0 radical (unpaired) electrons. The highest BCUT2D eigenvalue weighted by Gasteiger charge is 2.18. The van der Waals surface area contributed by atoms with Crippen LogP contribution in [0.2, 0.25) is 0 Å². The third-order valence-electron chi connectivity index (χ3n) is 4.76. The molecule has 144 valence electrons. The number of anilines is 1. The fourth-order valence-corrected chi connectivity index (χ4v) is 3.43. The van der Waals surface area contributed by atoms with Gasteiger partial charge in [0.2, 0.25) is 5.91 Å². The van der Waals surface area contributed by atoms with Gasteiger partial charge in [0.05, 0.1) is 26.0 Å². The van der Waals surface area contributed by atoms with Gasteiger partial charge in [-0.25, -0.2) is 4.68 Å². The van der Waals surface area contributed by atoms with E-state index in [1.807, 2.05) is 35.9 Å². The number of nitrogens with zero attached hydrogens (tertiary/aromatic N) is 2. The quantitative estimate of drug-likeness (QED) is 0.733. The van der Waals surface area contributed by atoms with Crippen LogP contribution in [0.3, 0.4) is 0 Å². The van der Waals surface area contributed by atoms with Crippen LogP contribution in [0.15, 0.2) is 36.5 Å². The van der Waals surface area contributed by atoms with Crippen LogP contribution in [0.1, 0.15) is 50.6 Å². The number of methoxy groups -OCH3 is 1. The van der Waals surface area contributed by atoms with Crippen molar-refractivity contribution >= 4 is 17.8 Å². The first-order chi connectivity index (χ1) is 13.2. The lowest BCUT2D eigenvalue weighted by Gasteiger charge is -2.23. The van der Waals surface area contributed by atoms with E-state index in [0.29, 0.717) is 24.1 Å². The highest BCUT2D eigenvalue weighted by atomic mass is 16.5. The highest BCUT2D eigenvalue weighted by molar-refractivity contribution is 6.01. The molecule has 0 spiro atoms. The van der Waals surface area contributed by atoms with Crippen molar-refractivity contribution in [3.05, 3.63) is 42.1 Å². The van der Waals surface area contributed by atoms with Crippen LogP contribution in [0.25, 0.3) is 6.08 Å². The number of carbonyl (C=O) groups excluding carboxylic acids is 1. The first-order valence-corrected chi connectivity index (χ1v) is 9.54. The molecule has 6 nitrogen and oxygen atoms in total. The monoisotopic (exact) mass is 369 g/mol. The maximum Gasteiger partial charge on any atom is 0.249 e. The molecule has 0 unspecified atom stereocenters. The van der Waals surface area contributed by atoms with Crippen LogP contribution in [-0.2, 0) is 4.79 Å². The van der Waals surface area contributed by atoms with Crippen LogP contribution in [0, 0.1) is 0 Å². The molecule has 1 aromatic carbocycles. The fraction of sp³-hybridized carbons (Fsp3) is 0.429. The molecule has 1 fully saturated rings. The average molecular weight is 369 g/mol. The van der Waals surface area contributed by atoms with Crippen molar-refractivity contribution in [1.29, 1.82) is 0 Å². The van der Waals surface area contributed by atoms with E-state index in [4.69, 9.17) is 9.47 Å². The van der Waals surface area contributed by atoms with Crippen molar-refractivity contribution in [2.75, 3.05) is 19.0 Å². The van der Waals surface area contributed by atoms with Crippen LogP contribution in [0.4, 0.5) is 5.82 Å². The Balaban J connectivity index is 1.65. The molecule has 1 aromatic heterocycles. The Labute approximate surface area is 160 Å². The fourth-order valence-electron chi connectivity index (χ4n) is 3.43. The van der Waals surface area contributed by atoms with Crippen molar-refractivity contribution in [3.8, 4) is 11.5 Å². The third kappa shape index (κ3) is 4.90. The summed E-state index contributed by atoms with van der Waals surface area (Å²) >= 11 is 0. The van der Waals surface area contributed by atoms with Gasteiger partial charge in [0, 0.05) is 12.1 Å². The van der Waals surface area contributed by atoms with Crippen LogP contribution >= 0.6 is 0 Å². The molecule has 1 heterocycles. The van der Waals surface area contributed by atoms with E-state index in [9.17, 15) is 4.79 Å². The molecule has 0 saturated heterocycles. The molecular formula is C21H27N3O3. The third-order valence-corrected chi connectivity index (χ3v) is 4.76. The van der Waals surface area contributed by atoms with E-state index in [1.54, 1.807) is 19.4 Å². The van der Waals surface area contributed by atoms with E-state index in [0.717, 1.165) is 24.2 Å². The van der Waals surface area contributed by atoms with Crippen molar-refractivity contribution in [2.45, 2.75) is 45.1 Å². The number of rotatable bonds is 7. The molecule has 0 bridgehead atoms. The Bertz CT molecular complexity index is 792. The summed E-state index contributed by atoms with van der Waals surface area (Å²) in [6, 6.07) is 7.81. The molecule has 0 aliphatic heterocycles. The summed E-state index contributed by atoms with van der Waals surface area (Å²) in [5.41, 5.74) is 0.867. The van der Waals surface area contributed by atoms with Crippen molar-refractivity contribution in [2.24, 2.45) is 0 Å². The van der Waals surface area contributed by atoms with Crippen molar-refractivity contribution in [1.82, 2.24) is 9.78 Å². The minimum atomic E-state index is -0.180. The highest BCUT2D eigenvalue weighted by Crippen LogP contribution is 2.30. The molecule has 1 aliphatic rings. The van der Waals surface area contributed by atoms with Crippen LogP contribution in [0.5, 0.6) is 11.5 Å². The summed E-state index contributed by atoms with van der Waals surface area (Å²) < 4.78 is 12.8. The molecule has 1 amide bonds. The van der Waals surface area contributed by atoms with Crippen LogP contribution < -0.4 is 14.8 Å². The number of carbonyl (C=O) groups is 1. The summed E-state index contributed by atoms with van der Waals surface area (Å²) in [6.07, 6.45) is 11.0. The number of ether oxygens (including phenoxy) is 2. The summed E-state index contributed by atoms with van der Waals surface area (Å²) in [7, 11) is 1.60. The molecular weight excluding hydrogens is 342 g/mol. The number of benzene rings is 1. The zero-order valence-electron chi connectivity index (χ0n) is 16.0. The Morgan fingerprint density at radius 2 is 2.07 bits per heavy atom. The smallest absolute Gasteiger partial charge is 0.249 e. The predicted molar refractivity (Wildman–Crippen MR) is 106 cm³/mol. The number of hydrogen-bond donors (Lipinski definition) is 1. The predicted octanol–water partition coefficient (Wildman–Crippen LogP) is 4.45. The summed E-state index contributed by atoms with van der Waals surface area (Å²) in [5, 5.41) is 7.35. The van der Waals surface area contributed by atoms with Gasteiger partial charge in [-0.05, 0) is 43.5 Å². The largest absolute Gasteiger partial charge is 0.493 e. The van der Waals surface area contributed by atoms with Gasteiger partial charge in [-0.1, -0.05) is 25.3 Å². The number of hydrogen-bond acceptors (Lipinski definition) is 4. The Kier molecular flexibility index (Phi) is 6.52. The molecule has 27 heavy (non-hydrogen) atoms. The van der Waals surface area contributed by atoms with Crippen LogP contribution in [-0.4, -0.2) is 29.4 Å². The molecule has 0 atom stereocenters. The number of nitrogens with one attached hydrogen (secondary N) is 1. The van der Waals surface area contributed by atoms with E-state index >= 15 is 0 Å². The minimum Gasteiger partial charge on any atom is -0.493 e. The van der Waals surface area contributed by atoms with Gasteiger partial charge >= 0.3 is 0 Å². The lowest BCUT2D eigenvalue weighted by atomic mass is 9.96. The number of amides is 1. The molecule has 3 rings (SSSR count). The Morgan fingerprint density at radius 1 is 1.26 bits per heavy atom. The number of aromatic nitrogens is 2. The molecule has 1 N–H and O–H groups in total. The topological polar surface area (TPSA) is 65.4 Å². The first kappa shape index (κ1) is 19.0. The van der Waals surface area contributed by atoms with E-state index in [2.05, 4.69) is 10.4 Å². The van der Waals surface area contributed by atoms with E-state index < -0.39 is 0 Å². The van der Waals surface area contributed by atoms with Gasteiger partial charge in [-0.15, -0.1) is 0 Å². The second-order valence-electron chi connectivity index (χ2n) is 6.62. The van der Waals surface area contributed by atoms with Gasteiger partial charge < -0.3 is 14.8 Å². The Morgan fingerprint density at radius 3 is 2.81 bits per heavy atom. The standard InChI is InChI=1S/C21H27N3O3/c1-3-27-18-11-9-16(15-19(18)26-2)10-12-21(25)23-20-13-14-22-24(20)17-7-5-4-6-8-17/h9-15,17H,3-8H2,1-2H3,(H,23,25)/b12-10+. The first-order valence-electron chi connectivity index (χ1n) is 9.54.